The number of hydrogen-bond donors (Lipinski definition) is 2. The number of benzene rings is 1. The van der Waals surface area contributed by atoms with Crippen molar-refractivity contribution in [1.29, 1.82) is 0 Å². The predicted octanol–water partition coefficient (Wildman–Crippen LogP) is 2.56. The molecule has 134 valence electrons. The van der Waals surface area contributed by atoms with Crippen molar-refractivity contribution < 1.29 is 9.84 Å². The standard InChI is InChI=1S/C20H32N2O2/c1-19(2)14-18(16-22(19)15-17-6-4-3-5-7-17)21-11-8-20(23)9-12-24-13-10-20/h3-7,18,21,23H,8-16H2,1-2H3. The van der Waals surface area contributed by atoms with E-state index in [1.807, 2.05) is 0 Å². The molecule has 24 heavy (non-hydrogen) atoms. The molecule has 3 rings (SSSR count). The number of rotatable bonds is 6. The number of nitrogens with zero attached hydrogens (tertiary/aromatic N) is 1. The van der Waals surface area contributed by atoms with Crippen LogP contribution < -0.4 is 5.32 Å². The van der Waals surface area contributed by atoms with E-state index in [1.165, 1.54) is 5.56 Å². The molecule has 4 nitrogen and oxygen atoms in total. The van der Waals surface area contributed by atoms with Gasteiger partial charge in [-0.25, -0.2) is 0 Å². The highest BCUT2D eigenvalue weighted by molar-refractivity contribution is 5.15. The third kappa shape index (κ3) is 4.57. The molecule has 0 amide bonds. The Kier molecular flexibility index (Phi) is 5.60. The molecule has 2 aliphatic rings. The van der Waals surface area contributed by atoms with Crippen molar-refractivity contribution in [2.75, 3.05) is 26.3 Å². The minimum atomic E-state index is -0.525. The lowest BCUT2D eigenvalue weighted by Crippen LogP contribution is -2.41. The Balaban J connectivity index is 1.47. The predicted molar refractivity (Wildman–Crippen MR) is 97.0 cm³/mol. The molecule has 0 spiro atoms. The van der Waals surface area contributed by atoms with Crippen LogP contribution in [0.15, 0.2) is 30.3 Å². The third-order valence-electron chi connectivity index (χ3n) is 5.71. The molecule has 0 aliphatic carbocycles. The van der Waals surface area contributed by atoms with Crippen LogP contribution in [0.25, 0.3) is 0 Å². The van der Waals surface area contributed by atoms with Gasteiger partial charge in [0.05, 0.1) is 5.60 Å². The van der Waals surface area contributed by atoms with Crippen LogP contribution in [-0.2, 0) is 11.3 Å². The Morgan fingerprint density at radius 2 is 1.92 bits per heavy atom. The number of hydrogen-bond acceptors (Lipinski definition) is 4. The summed E-state index contributed by atoms with van der Waals surface area (Å²) in [5, 5.41) is 14.2. The fraction of sp³-hybridized carbons (Fsp3) is 0.700. The van der Waals surface area contributed by atoms with Crippen LogP contribution in [0.2, 0.25) is 0 Å². The summed E-state index contributed by atoms with van der Waals surface area (Å²) in [5.74, 6) is 0. The van der Waals surface area contributed by atoms with Crippen molar-refractivity contribution in [3.05, 3.63) is 35.9 Å². The van der Waals surface area contributed by atoms with Crippen LogP contribution >= 0.6 is 0 Å². The third-order valence-corrected chi connectivity index (χ3v) is 5.71. The first-order valence-electron chi connectivity index (χ1n) is 9.29. The van der Waals surface area contributed by atoms with E-state index in [2.05, 4.69) is 54.4 Å². The van der Waals surface area contributed by atoms with Gasteiger partial charge in [0.2, 0.25) is 0 Å². The van der Waals surface area contributed by atoms with E-state index in [4.69, 9.17) is 4.74 Å². The number of likely N-dealkylation sites (tertiary alicyclic amines) is 1. The summed E-state index contributed by atoms with van der Waals surface area (Å²) in [4.78, 5) is 2.57. The largest absolute Gasteiger partial charge is 0.390 e. The SMILES string of the molecule is CC1(C)CC(NCCC2(O)CCOCC2)CN1Cc1ccccc1. The molecule has 4 heteroatoms. The molecule has 2 fully saturated rings. The van der Waals surface area contributed by atoms with E-state index < -0.39 is 5.60 Å². The minimum Gasteiger partial charge on any atom is -0.390 e. The Bertz CT molecular complexity index is 512. The Morgan fingerprint density at radius 3 is 2.62 bits per heavy atom. The first-order chi connectivity index (χ1) is 11.5. The summed E-state index contributed by atoms with van der Waals surface area (Å²) in [6, 6.07) is 11.2. The van der Waals surface area contributed by atoms with Crippen LogP contribution in [0.3, 0.4) is 0 Å². The summed E-state index contributed by atoms with van der Waals surface area (Å²) in [5.41, 5.74) is 1.06. The second-order valence-corrected chi connectivity index (χ2v) is 8.12. The maximum atomic E-state index is 10.6. The number of nitrogens with one attached hydrogen (secondary N) is 1. The fourth-order valence-corrected chi connectivity index (χ4v) is 4.04. The van der Waals surface area contributed by atoms with Crippen molar-refractivity contribution in [2.45, 2.75) is 63.3 Å². The maximum absolute atomic E-state index is 10.6. The molecule has 1 atom stereocenters. The molecule has 2 heterocycles. The van der Waals surface area contributed by atoms with Crippen LogP contribution in [0.4, 0.5) is 0 Å². The quantitative estimate of drug-likeness (QED) is 0.840. The fourth-order valence-electron chi connectivity index (χ4n) is 4.04. The molecule has 1 unspecified atom stereocenters. The summed E-state index contributed by atoms with van der Waals surface area (Å²) < 4.78 is 5.36. The molecule has 0 saturated carbocycles. The van der Waals surface area contributed by atoms with E-state index >= 15 is 0 Å². The van der Waals surface area contributed by atoms with Gasteiger partial charge in [-0.05, 0) is 51.6 Å². The lowest BCUT2D eigenvalue weighted by molar-refractivity contribution is -0.0675. The topological polar surface area (TPSA) is 44.7 Å². The van der Waals surface area contributed by atoms with Gasteiger partial charge in [0.1, 0.15) is 0 Å². The normalized spacial score (nSPS) is 26.5. The first kappa shape index (κ1) is 17.9. The maximum Gasteiger partial charge on any atom is 0.0703 e. The highest BCUT2D eigenvalue weighted by atomic mass is 16.5. The van der Waals surface area contributed by atoms with Gasteiger partial charge in [-0.15, -0.1) is 0 Å². The van der Waals surface area contributed by atoms with Crippen molar-refractivity contribution in [1.82, 2.24) is 10.2 Å². The lowest BCUT2D eigenvalue weighted by Gasteiger charge is -2.32. The van der Waals surface area contributed by atoms with Gasteiger partial charge >= 0.3 is 0 Å². The van der Waals surface area contributed by atoms with Gasteiger partial charge in [0, 0.05) is 37.9 Å². The van der Waals surface area contributed by atoms with Crippen LogP contribution in [0.1, 0.15) is 45.1 Å². The van der Waals surface area contributed by atoms with Gasteiger partial charge in [0.25, 0.3) is 0 Å². The van der Waals surface area contributed by atoms with Crippen molar-refractivity contribution >= 4 is 0 Å². The van der Waals surface area contributed by atoms with Crippen LogP contribution in [-0.4, -0.2) is 53.5 Å². The number of ether oxygens (including phenoxy) is 1. The highest BCUT2D eigenvalue weighted by Crippen LogP contribution is 2.30. The van der Waals surface area contributed by atoms with Gasteiger partial charge in [0.15, 0.2) is 0 Å². The smallest absolute Gasteiger partial charge is 0.0703 e. The summed E-state index contributed by atoms with van der Waals surface area (Å²) in [6.07, 6.45) is 3.52. The van der Waals surface area contributed by atoms with E-state index in [9.17, 15) is 5.11 Å². The van der Waals surface area contributed by atoms with Crippen molar-refractivity contribution in [2.24, 2.45) is 0 Å². The molecule has 2 aliphatic heterocycles. The molecule has 1 aromatic carbocycles. The van der Waals surface area contributed by atoms with Crippen LogP contribution in [0, 0.1) is 0 Å². The zero-order valence-electron chi connectivity index (χ0n) is 15.1. The summed E-state index contributed by atoms with van der Waals surface area (Å²) in [7, 11) is 0. The van der Waals surface area contributed by atoms with Gasteiger partial charge in [-0.1, -0.05) is 30.3 Å². The van der Waals surface area contributed by atoms with E-state index in [0.717, 1.165) is 45.3 Å². The van der Waals surface area contributed by atoms with Crippen molar-refractivity contribution in [3.63, 3.8) is 0 Å². The Labute approximate surface area is 146 Å². The molecular weight excluding hydrogens is 300 g/mol. The van der Waals surface area contributed by atoms with Crippen LogP contribution in [0.5, 0.6) is 0 Å². The highest BCUT2D eigenvalue weighted by Gasteiger charge is 2.38. The summed E-state index contributed by atoms with van der Waals surface area (Å²) in [6.45, 7) is 9.02. The Hall–Kier alpha value is -0.940. The molecule has 1 aromatic rings. The monoisotopic (exact) mass is 332 g/mol. The number of aliphatic hydroxyl groups is 1. The molecule has 0 radical (unpaired) electrons. The van der Waals surface area contributed by atoms with Gasteiger partial charge < -0.3 is 15.2 Å². The summed E-state index contributed by atoms with van der Waals surface area (Å²) >= 11 is 0. The van der Waals surface area contributed by atoms with E-state index in [-0.39, 0.29) is 5.54 Å². The molecular formula is C20H32N2O2. The zero-order valence-corrected chi connectivity index (χ0v) is 15.1. The average Bonchev–Trinajstić information content (AvgIpc) is 2.83. The molecule has 2 N–H and O–H groups in total. The minimum absolute atomic E-state index is 0.211. The second-order valence-electron chi connectivity index (χ2n) is 8.12. The van der Waals surface area contributed by atoms with Gasteiger partial charge in [-0.2, -0.15) is 0 Å². The molecule has 2 saturated heterocycles. The van der Waals surface area contributed by atoms with Crippen molar-refractivity contribution in [3.8, 4) is 0 Å². The molecule has 0 aromatic heterocycles. The average molecular weight is 332 g/mol. The zero-order chi connectivity index (χ0) is 17.0. The lowest BCUT2D eigenvalue weighted by atomic mass is 9.90. The Morgan fingerprint density at radius 1 is 1.21 bits per heavy atom. The van der Waals surface area contributed by atoms with Gasteiger partial charge in [-0.3, -0.25) is 4.90 Å². The molecule has 0 bridgehead atoms. The first-order valence-corrected chi connectivity index (χ1v) is 9.29. The van der Waals surface area contributed by atoms with E-state index in [1.54, 1.807) is 0 Å². The van der Waals surface area contributed by atoms with E-state index in [0.29, 0.717) is 19.3 Å². The second kappa shape index (κ2) is 7.52.